The number of hydrogen-bond acceptors (Lipinski definition) is 2. The summed E-state index contributed by atoms with van der Waals surface area (Å²) < 4.78 is 0. The number of carbonyl (C=O) groups excluding carboxylic acids is 1. The minimum Gasteiger partial charge on any atom is -0.369 e. The number of nitrogens with zero attached hydrogens (tertiary/aromatic N) is 1. The van der Waals surface area contributed by atoms with Gasteiger partial charge >= 0.3 is 6.03 Å². The lowest BCUT2D eigenvalue weighted by Gasteiger charge is -2.05. The van der Waals surface area contributed by atoms with Crippen molar-refractivity contribution >= 4 is 40.9 Å². The predicted molar refractivity (Wildman–Crippen MR) is 64.4 cm³/mol. The van der Waals surface area contributed by atoms with Gasteiger partial charge in [0.2, 0.25) is 5.96 Å². The summed E-state index contributed by atoms with van der Waals surface area (Å²) >= 11 is 11.5. The molecule has 0 heterocycles. The van der Waals surface area contributed by atoms with Crippen molar-refractivity contribution in [3.8, 4) is 0 Å². The van der Waals surface area contributed by atoms with Crippen LogP contribution in [0.1, 0.15) is 0 Å². The topological polar surface area (TPSA) is 106 Å². The summed E-state index contributed by atoms with van der Waals surface area (Å²) in [6.45, 7) is 0. The van der Waals surface area contributed by atoms with Crippen LogP contribution in [0.4, 0.5) is 10.5 Å². The van der Waals surface area contributed by atoms with Crippen LogP contribution in [0.15, 0.2) is 23.3 Å². The number of rotatable bonds is 2. The van der Waals surface area contributed by atoms with E-state index in [1.807, 2.05) is 0 Å². The van der Waals surface area contributed by atoms with Crippen LogP contribution in [0.5, 0.6) is 0 Å². The van der Waals surface area contributed by atoms with Crippen LogP contribution >= 0.6 is 23.2 Å². The Hall–Kier alpha value is -1.66. The molecule has 0 saturated heterocycles. The smallest absolute Gasteiger partial charge is 0.339 e. The molecule has 0 aliphatic carbocycles. The first-order chi connectivity index (χ1) is 7.49. The number of nitrogens with one attached hydrogen (secondary N) is 2. The SMILES string of the molecule is NC(N)=NNC(=O)Nc1ccc(Cl)c(Cl)c1. The highest BCUT2D eigenvalue weighted by Crippen LogP contribution is 2.24. The van der Waals surface area contributed by atoms with E-state index in [2.05, 4.69) is 15.8 Å². The largest absolute Gasteiger partial charge is 0.369 e. The molecule has 86 valence electrons. The van der Waals surface area contributed by atoms with Gasteiger partial charge in [-0.25, -0.2) is 10.2 Å². The molecule has 6 N–H and O–H groups in total. The second-order valence-corrected chi connectivity index (χ2v) is 3.55. The van der Waals surface area contributed by atoms with E-state index in [4.69, 9.17) is 34.7 Å². The van der Waals surface area contributed by atoms with Crippen molar-refractivity contribution in [2.45, 2.75) is 0 Å². The number of anilines is 1. The Bertz CT molecular complexity index is 430. The zero-order valence-corrected chi connectivity index (χ0v) is 9.51. The summed E-state index contributed by atoms with van der Waals surface area (Å²) in [5.41, 5.74) is 12.6. The molecule has 0 aliphatic rings. The van der Waals surface area contributed by atoms with Gasteiger partial charge in [-0.05, 0) is 18.2 Å². The van der Waals surface area contributed by atoms with Gasteiger partial charge in [0.25, 0.3) is 0 Å². The van der Waals surface area contributed by atoms with Crippen LogP contribution in [0.2, 0.25) is 10.0 Å². The summed E-state index contributed by atoms with van der Waals surface area (Å²) in [7, 11) is 0. The fourth-order valence-corrected chi connectivity index (χ4v) is 1.15. The number of hydrazone groups is 1. The van der Waals surface area contributed by atoms with Gasteiger partial charge in [-0.1, -0.05) is 23.2 Å². The average molecular weight is 262 g/mol. The number of halogens is 2. The summed E-state index contributed by atoms with van der Waals surface area (Å²) in [5.74, 6) is -0.246. The molecule has 2 amide bonds. The zero-order valence-electron chi connectivity index (χ0n) is 8.00. The first-order valence-electron chi connectivity index (χ1n) is 4.09. The zero-order chi connectivity index (χ0) is 12.1. The van der Waals surface area contributed by atoms with E-state index in [9.17, 15) is 4.79 Å². The van der Waals surface area contributed by atoms with Crippen molar-refractivity contribution in [1.29, 1.82) is 0 Å². The van der Waals surface area contributed by atoms with Crippen LogP contribution in [0, 0.1) is 0 Å². The first kappa shape index (κ1) is 12.4. The summed E-state index contributed by atoms with van der Waals surface area (Å²) in [6, 6.07) is 4.05. The number of amides is 2. The van der Waals surface area contributed by atoms with E-state index >= 15 is 0 Å². The quantitative estimate of drug-likeness (QED) is 0.366. The van der Waals surface area contributed by atoms with Gasteiger partial charge in [0.05, 0.1) is 10.0 Å². The monoisotopic (exact) mass is 261 g/mol. The molecular formula is C8H9Cl2N5O. The average Bonchev–Trinajstić information content (AvgIpc) is 2.21. The van der Waals surface area contributed by atoms with Crippen LogP contribution in [-0.4, -0.2) is 12.0 Å². The van der Waals surface area contributed by atoms with E-state index in [0.717, 1.165) is 0 Å². The van der Waals surface area contributed by atoms with Crippen molar-refractivity contribution < 1.29 is 4.79 Å². The van der Waals surface area contributed by atoms with E-state index < -0.39 is 6.03 Å². The summed E-state index contributed by atoms with van der Waals surface area (Å²) in [4.78, 5) is 11.2. The molecule has 0 atom stereocenters. The molecule has 6 nitrogen and oxygen atoms in total. The molecule has 8 heteroatoms. The second kappa shape index (κ2) is 5.43. The van der Waals surface area contributed by atoms with Gasteiger partial charge in [0.15, 0.2) is 0 Å². The highest BCUT2D eigenvalue weighted by molar-refractivity contribution is 6.42. The van der Waals surface area contributed by atoms with Crippen molar-refractivity contribution in [2.24, 2.45) is 16.6 Å². The molecule has 0 fully saturated rings. The summed E-state index contributed by atoms with van der Waals surface area (Å²) in [5, 5.41) is 6.50. The molecule has 0 aromatic heterocycles. The van der Waals surface area contributed by atoms with Crippen LogP contribution in [0.25, 0.3) is 0 Å². The minimum atomic E-state index is -0.591. The number of urea groups is 1. The van der Waals surface area contributed by atoms with E-state index in [0.29, 0.717) is 15.7 Å². The standard InChI is InChI=1S/C8H9Cl2N5O/c9-5-2-1-4(3-6(5)10)13-8(16)15-14-7(11)12/h1-3H,(H4,11,12,14)(H2,13,15,16). The highest BCUT2D eigenvalue weighted by Gasteiger charge is 2.03. The lowest BCUT2D eigenvalue weighted by molar-refractivity contribution is 0.252. The van der Waals surface area contributed by atoms with Gasteiger partial charge in [-0.3, -0.25) is 0 Å². The molecule has 1 rings (SSSR count). The van der Waals surface area contributed by atoms with Gasteiger partial charge in [-0.2, -0.15) is 0 Å². The normalized spacial score (nSPS) is 9.38. The first-order valence-corrected chi connectivity index (χ1v) is 4.85. The van der Waals surface area contributed by atoms with Crippen molar-refractivity contribution in [2.75, 3.05) is 5.32 Å². The maximum absolute atomic E-state index is 11.2. The Kier molecular flexibility index (Phi) is 4.21. The second-order valence-electron chi connectivity index (χ2n) is 2.73. The number of carbonyl (C=O) groups is 1. The van der Waals surface area contributed by atoms with Crippen LogP contribution in [0.3, 0.4) is 0 Å². The Morgan fingerprint density at radius 1 is 1.25 bits per heavy atom. The van der Waals surface area contributed by atoms with Crippen LogP contribution < -0.4 is 22.2 Å². The number of nitrogens with two attached hydrogens (primary N) is 2. The van der Waals surface area contributed by atoms with E-state index in [-0.39, 0.29) is 5.96 Å². The number of hydrogen-bond donors (Lipinski definition) is 4. The predicted octanol–water partition coefficient (Wildman–Crippen LogP) is 1.30. The molecular weight excluding hydrogens is 253 g/mol. The third kappa shape index (κ3) is 3.84. The van der Waals surface area contributed by atoms with E-state index in [1.165, 1.54) is 6.07 Å². The fourth-order valence-electron chi connectivity index (χ4n) is 0.848. The molecule has 0 radical (unpaired) electrons. The lowest BCUT2D eigenvalue weighted by Crippen LogP contribution is -2.31. The molecule has 16 heavy (non-hydrogen) atoms. The molecule has 0 bridgehead atoms. The molecule has 1 aromatic rings. The van der Waals surface area contributed by atoms with E-state index in [1.54, 1.807) is 12.1 Å². The Morgan fingerprint density at radius 3 is 2.50 bits per heavy atom. The fraction of sp³-hybridized carbons (Fsp3) is 0. The Morgan fingerprint density at radius 2 is 1.94 bits per heavy atom. The van der Waals surface area contributed by atoms with Gasteiger partial charge in [0, 0.05) is 5.69 Å². The molecule has 0 unspecified atom stereocenters. The lowest BCUT2D eigenvalue weighted by atomic mass is 10.3. The van der Waals surface area contributed by atoms with Crippen molar-refractivity contribution in [3.63, 3.8) is 0 Å². The molecule has 0 aliphatic heterocycles. The maximum atomic E-state index is 11.2. The third-order valence-electron chi connectivity index (χ3n) is 1.46. The Balaban J connectivity index is 2.63. The minimum absolute atomic E-state index is 0.246. The molecule has 1 aromatic carbocycles. The van der Waals surface area contributed by atoms with Crippen molar-refractivity contribution in [1.82, 2.24) is 5.43 Å². The maximum Gasteiger partial charge on any atom is 0.339 e. The third-order valence-corrected chi connectivity index (χ3v) is 2.20. The Labute approximate surface area is 102 Å². The molecule has 0 saturated carbocycles. The molecule has 0 spiro atoms. The van der Waals surface area contributed by atoms with Crippen molar-refractivity contribution in [3.05, 3.63) is 28.2 Å². The number of benzene rings is 1. The van der Waals surface area contributed by atoms with Gasteiger partial charge in [-0.15, -0.1) is 5.10 Å². The highest BCUT2D eigenvalue weighted by atomic mass is 35.5. The van der Waals surface area contributed by atoms with Gasteiger partial charge < -0.3 is 16.8 Å². The number of guanidine groups is 1. The summed E-state index contributed by atoms with van der Waals surface area (Å²) in [6.07, 6.45) is 0. The van der Waals surface area contributed by atoms with Crippen LogP contribution in [-0.2, 0) is 0 Å². The van der Waals surface area contributed by atoms with Gasteiger partial charge in [0.1, 0.15) is 0 Å².